The highest BCUT2D eigenvalue weighted by Gasteiger charge is 2.30. The SMILES string of the molecule is COc1ccc(NC(=O)Nc2cccc(C(F)(F)F)c2)cc1OC. The Labute approximate surface area is 136 Å². The molecule has 128 valence electrons. The fourth-order valence-electron chi connectivity index (χ4n) is 1.98. The van der Waals surface area contributed by atoms with Crippen LogP contribution in [-0.4, -0.2) is 20.3 Å². The summed E-state index contributed by atoms with van der Waals surface area (Å²) in [4.78, 5) is 11.9. The third kappa shape index (κ3) is 4.31. The summed E-state index contributed by atoms with van der Waals surface area (Å²) in [6.07, 6.45) is -4.47. The minimum Gasteiger partial charge on any atom is -0.493 e. The van der Waals surface area contributed by atoms with Gasteiger partial charge in [-0.05, 0) is 30.3 Å². The Bertz CT molecular complexity index is 733. The fraction of sp³-hybridized carbons (Fsp3) is 0.188. The molecule has 0 radical (unpaired) electrons. The van der Waals surface area contributed by atoms with E-state index in [0.29, 0.717) is 17.2 Å². The van der Waals surface area contributed by atoms with Crippen molar-refractivity contribution in [2.24, 2.45) is 0 Å². The Morgan fingerprint density at radius 2 is 1.54 bits per heavy atom. The van der Waals surface area contributed by atoms with Crippen molar-refractivity contribution in [3.8, 4) is 11.5 Å². The zero-order chi connectivity index (χ0) is 17.7. The van der Waals surface area contributed by atoms with Crippen molar-refractivity contribution in [3.63, 3.8) is 0 Å². The van der Waals surface area contributed by atoms with Gasteiger partial charge in [0.2, 0.25) is 0 Å². The predicted molar refractivity (Wildman–Crippen MR) is 83.6 cm³/mol. The second-order valence-corrected chi connectivity index (χ2v) is 4.73. The molecule has 24 heavy (non-hydrogen) atoms. The molecule has 2 amide bonds. The van der Waals surface area contributed by atoms with Crippen molar-refractivity contribution in [3.05, 3.63) is 48.0 Å². The van der Waals surface area contributed by atoms with Crippen LogP contribution in [0, 0.1) is 0 Å². The molecule has 2 rings (SSSR count). The number of anilines is 2. The molecule has 2 aromatic rings. The maximum Gasteiger partial charge on any atom is 0.416 e. The molecule has 5 nitrogen and oxygen atoms in total. The van der Waals surface area contributed by atoms with Crippen LogP contribution in [-0.2, 0) is 6.18 Å². The van der Waals surface area contributed by atoms with Crippen LogP contribution in [0.25, 0.3) is 0 Å². The number of carbonyl (C=O) groups is 1. The zero-order valence-electron chi connectivity index (χ0n) is 12.9. The monoisotopic (exact) mass is 340 g/mol. The number of nitrogens with one attached hydrogen (secondary N) is 2. The van der Waals surface area contributed by atoms with Crippen LogP contribution >= 0.6 is 0 Å². The average Bonchev–Trinajstić information content (AvgIpc) is 2.54. The summed E-state index contributed by atoms with van der Waals surface area (Å²) in [5.74, 6) is 0.899. The molecule has 0 atom stereocenters. The van der Waals surface area contributed by atoms with Crippen molar-refractivity contribution in [2.45, 2.75) is 6.18 Å². The number of amides is 2. The van der Waals surface area contributed by atoms with E-state index in [-0.39, 0.29) is 5.69 Å². The maximum absolute atomic E-state index is 12.7. The van der Waals surface area contributed by atoms with Crippen molar-refractivity contribution in [1.82, 2.24) is 0 Å². The lowest BCUT2D eigenvalue weighted by Gasteiger charge is -2.12. The first-order valence-corrected chi connectivity index (χ1v) is 6.81. The summed E-state index contributed by atoms with van der Waals surface area (Å²) in [5, 5.41) is 4.85. The number of benzene rings is 2. The van der Waals surface area contributed by atoms with Crippen molar-refractivity contribution >= 4 is 17.4 Å². The molecule has 0 bridgehead atoms. The number of hydrogen-bond donors (Lipinski definition) is 2. The fourth-order valence-corrected chi connectivity index (χ4v) is 1.98. The smallest absolute Gasteiger partial charge is 0.416 e. The first-order valence-electron chi connectivity index (χ1n) is 6.81. The van der Waals surface area contributed by atoms with Gasteiger partial charge in [0.05, 0.1) is 19.8 Å². The standard InChI is InChI=1S/C16H15F3N2O3/c1-23-13-7-6-12(9-14(13)24-2)21-15(22)20-11-5-3-4-10(8-11)16(17,18)19/h3-9H,1-2H3,(H2,20,21,22). The van der Waals surface area contributed by atoms with Gasteiger partial charge < -0.3 is 20.1 Å². The molecular formula is C16H15F3N2O3. The first-order chi connectivity index (χ1) is 11.3. The van der Waals surface area contributed by atoms with E-state index < -0.39 is 17.8 Å². The lowest BCUT2D eigenvalue weighted by molar-refractivity contribution is -0.137. The Hall–Kier alpha value is -2.90. The molecule has 8 heteroatoms. The Morgan fingerprint density at radius 3 is 2.12 bits per heavy atom. The van der Waals surface area contributed by atoms with E-state index in [1.807, 2.05) is 0 Å². The number of rotatable bonds is 4. The third-order valence-electron chi connectivity index (χ3n) is 3.09. The molecule has 0 spiro atoms. The van der Waals surface area contributed by atoms with Crippen molar-refractivity contribution in [1.29, 1.82) is 0 Å². The second kappa shape index (κ2) is 7.12. The predicted octanol–water partition coefficient (Wildman–Crippen LogP) is 4.37. The summed E-state index contributed by atoms with van der Waals surface area (Å²) >= 11 is 0. The topological polar surface area (TPSA) is 59.6 Å². The summed E-state index contributed by atoms with van der Waals surface area (Å²) in [6, 6.07) is 8.39. The van der Waals surface area contributed by atoms with E-state index >= 15 is 0 Å². The molecule has 0 aromatic heterocycles. The quantitative estimate of drug-likeness (QED) is 0.869. The van der Waals surface area contributed by atoms with Gasteiger partial charge in [-0.15, -0.1) is 0 Å². The molecule has 0 fully saturated rings. The number of hydrogen-bond acceptors (Lipinski definition) is 3. The van der Waals surface area contributed by atoms with Crippen LogP contribution in [0.15, 0.2) is 42.5 Å². The van der Waals surface area contributed by atoms with Crippen molar-refractivity contribution in [2.75, 3.05) is 24.9 Å². The van der Waals surface area contributed by atoms with Crippen LogP contribution in [0.2, 0.25) is 0 Å². The van der Waals surface area contributed by atoms with Gasteiger partial charge in [-0.2, -0.15) is 13.2 Å². The minimum atomic E-state index is -4.47. The van der Waals surface area contributed by atoms with Crippen LogP contribution in [0.5, 0.6) is 11.5 Å². The lowest BCUT2D eigenvalue weighted by atomic mass is 10.2. The third-order valence-corrected chi connectivity index (χ3v) is 3.09. The molecule has 2 N–H and O–H groups in total. The molecule has 0 heterocycles. The summed E-state index contributed by atoms with van der Waals surface area (Å²) < 4.78 is 48.1. The molecule has 0 aliphatic heterocycles. The highest BCUT2D eigenvalue weighted by Crippen LogP contribution is 2.31. The lowest BCUT2D eigenvalue weighted by Crippen LogP contribution is -2.19. The van der Waals surface area contributed by atoms with Crippen LogP contribution < -0.4 is 20.1 Å². The van der Waals surface area contributed by atoms with Crippen molar-refractivity contribution < 1.29 is 27.4 Å². The second-order valence-electron chi connectivity index (χ2n) is 4.73. The normalized spacial score (nSPS) is 10.9. The summed E-state index contributed by atoms with van der Waals surface area (Å²) in [7, 11) is 2.93. The highest BCUT2D eigenvalue weighted by atomic mass is 19.4. The Kier molecular flexibility index (Phi) is 5.18. The molecular weight excluding hydrogens is 325 g/mol. The van der Waals surface area contributed by atoms with Gasteiger partial charge >= 0.3 is 12.2 Å². The Morgan fingerprint density at radius 1 is 0.917 bits per heavy atom. The van der Waals surface area contributed by atoms with Crippen LogP contribution in [0.3, 0.4) is 0 Å². The molecule has 0 aliphatic rings. The first kappa shape index (κ1) is 17.5. The van der Waals surface area contributed by atoms with Gasteiger partial charge in [-0.1, -0.05) is 6.07 Å². The number of methoxy groups -OCH3 is 2. The number of ether oxygens (including phenoxy) is 2. The van der Waals surface area contributed by atoms with E-state index in [9.17, 15) is 18.0 Å². The highest BCUT2D eigenvalue weighted by molar-refractivity contribution is 6.00. The van der Waals surface area contributed by atoms with Gasteiger partial charge in [0.15, 0.2) is 11.5 Å². The van der Waals surface area contributed by atoms with E-state index in [0.717, 1.165) is 12.1 Å². The van der Waals surface area contributed by atoms with E-state index in [1.54, 1.807) is 12.1 Å². The number of carbonyl (C=O) groups excluding carboxylic acids is 1. The molecule has 0 aliphatic carbocycles. The summed E-state index contributed by atoms with van der Waals surface area (Å²) in [5.41, 5.74) is -0.411. The molecule has 0 unspecified atom stereocenters. The number of halogens is 3. The van der Waals surface area contributed by atoms with E-state index in [4.69, 9.17) is 9.47 Å². The van der Waals surface area contributed by atoms with Gasteiger partial charge in [0, 0.05) is 17.4 Å². The average molecular weight is 340 g/mol. The zero-order valence-corrected chi connectivity index (χ0v) is 12.9. The van der Waals surface area contributed by atoms with Crippen LogP contribution in [0.4, 0.5) is 29.3 Å². The largest absolute Gasteiger partial charge is 0.493 e. The van der Waals surface area contributed by atoms with E-state index in [1.165, 1.54) is 32.4 Å². The number of alkyl halides is 3. The maximum atomic E-state index is 12.7. The number of urea groups is 1. The molecule has 2 aromatic carbocycles. The summed E-state index contributed by atoms with van der Waals surface area (Å²) in [6.45, 7) is 0. The molecule has 0 saturated carbocycles. The van der Waals surface area contributed by atoms with Gasteiger partial charge in [0.1, 0.15) is 0 Å². The van der Waals surface area contributed by atoms with Gasteiger partial charge in [-0.25, -0.2) is 4.79 Å². The van der Waals surface area contributed by atoms with Gasteiger partial charge in [0.25, 0.3) is 0 Å². The minimum absolute atomic E-state index is 0.0304. The van der Waals surface area contributed by atoms with E-state index in [2.05, 4.69) is 10.6 Å². The van der Waals surface area contributed by atoms with Gasteiger partial charge in [-0.3, -0.25) is 0 Å². The van der Waals surface area contributed by atoms with Crippen LogP contribution in [0.1, 0.15) is 5.56 Å². The Balaban J connectivity index is 2.09. The molecule has 0 saturated heterocycles.